The van der Waals surface area contributed by atoms with Gasteiger partial charge < -0.3 is 10.1 Å². The zero-order chi connectivity index (χ0) is 13.0. The number of nitrogens with one attached hydrogen (secondary N) is 1. The fraction of sp³-hybridized carbons (Fsp3) is 0.250. The third-order valence-corrected chi connectivity index (χ3v) is 2.76. The number of carboxylic acid groups (broad SMARTS) is 1. The van der Waals surface area contributed by atoms with Gasteiger partial charge in [-0.1, -0.05) is 23.3 Å². The van der Waals surface area contributed by atoms with Crippen LogP contribution in [-0.2, 0) is 11.2 Å². The Morgan fingerprint density at radius 2 is 2.28 bits per heavy atom. The van der Waals surface area contributed by atoms with Crippen LogP contribution in [0.15, 0.2) is 35.6 Å². The summed E-state index contributed by atoms with van der Waals surface area (Å²) >= 11 is 0. The molecular formula is C12H12N4O2. The molecule has 2 rings (SSSR count). The number of nitrogens with zero attached hydrogens (tertiary/aromatic N) is 3. The summed E-state index contributed by atoms with van der Waals surface area (Å²) in [7, 11) is 0. The topological polar surface area (TPSA) is 102 Å². The highest BCUT2D eigenvalue weighted by Gasteiger charge is 2.14. The van der Waals surface area contributed by atoms with Crippen molar-refractivity contribution < 1.29 is 9.90 Å². The maximum Gasteiger partial charge on any atom is 0.303 e. The second kappa shape index (κ2) is 5.25. The van der Waals surface area contributed by atoms with Crippen LogP contribution in [0.25, 0.3) is 21.3 Å². The largest absolute Gasteiger partial charge is 0.481 e. The van der Waals surface area contributed by atoms with Crippen molar-refractivity contribution in [1.29, 1.82) is 0 Å². The summed E-state index contributed by atoms with van der Waals surface area (Å²) < 4.78 is 0. The average Bonchev–Trinajstić information content (AvgIpc) is 2.72. The molecule has 0 fully saturated rings. The SMILES string of the molecule is [N-]=[N+]=N[C@@H](CC(=O)O)Cc1c[nH]c2ccccc12. The van der Waals surface area contributed by atoms with Gasteiger partial charge >= 0.3 is 5.97 Å². The van der Waals surface area contributed by atoms with Gasteiger partial charge in [0.2, 0.25) is 0 Å². The number of azide groups is 1. The van der Waals surface area contributed by atoms with Gasteiger partial charge in [0.1, 0.15) is 0 Å². The zero-order valence-corrected chi connectivity index (χ0v) is 9.58. The van der Waals surface area contributed by atoms with E-state index in [4.69, 9.17) is 10.6 Å². The number of H-pyrrole nitrogens is 1. The van der Waals surface area contributed by atoms with Crippen LogP contribution in [0.1, 0.15) is 12.0 Å². The summed E-state index contributed by atoms with van der Waals surface area (Å²) in [6.45, 7) is 0. The minimum absolute atomic E-state index is 0.163. The van der Waals surface area contributed by atoms with E-state index >= 15 is 0 Å². The number of aromatic nitrogens is 1. The quantitative estimate of drug-likeness (QED) is 0.479. The predicted molar refractivity (Wildman–Crippen MR) is 67.2 cm³/mol. The Morgan fingerprint density at radius 3 is 3.00 bits per heavy atom. The van der Waals surface area contributed by atoms with E-state index in [0.29, 0.717) is 6.42 Å². The van der Waals surface area contributed by atoms with Crippen molar-refractivity contribution in [3.05, 3.63) is 46.5 Å². The number of hydrogen-bond donors (Lipinski definition) is 2. The van der Waals surface area contributed by atoms with Crippen molar-refractivity contribution in [2.45, 2.75) is 18.9 Å². The van der Waals surface area contributed by atoms with Crippen LogP contribution < -0.4 is 0 Å². The molecule has 0 aliphatic heterocycles. The number of benzene rings is 1. The van der Waals surface area contributed by atoms with E-state index in [1.54, 1.807) is 0 Å². The van der Waals surface area contributed by atoms with Gasteiger partial charge in [-0.3, -0.25) is 4.79 Å². The number of aromatic amines is 1. The molecular weight excluding hydrogens is 232 g/mol. The van der Waals surface area contributed by atoms with E-state index in [2.05, 4.69) is 15.0 Å². The second-order valence-corrected chi connectivity index (χ2v) is 4.02. The number of rotatable bonds is 5. The molecule has 0 unspecified atom stereocenters. The van der Waals surface area contributed by atoms with Crippen molar-refractivity contribution in [2.24, 2.45) is 5.11 Å². The van der Waals surface area contributed by atoms with Crippen LogP contribution in [0.2, 0.25) is 0 Å². The maximum absolute atomic E-state index is 10.7. The first kappa shape index (κ1) is 12.0. The summed E-state index contributed by atoms with van der Waals surface area (Å²) in [5.74, 6) is -0.966. The maximum atomic E-state index is 10.7. The van der Waals surface area contributed by atoms with Gasteiger partial charge in [-0.25, -0.2) is 0 Å². The summed E-state index contributed by atoms with van der Waals surface area (Å²) in [6, 6.07) is 7.17. The van der Waals surface area contributed by atoms with Gasteiger partial charge in [-0.2, -0.15) is 0 Å². The third-order valence-electron chi connectivity index (χ3n) is 2.76. The molecule has 2 N–H and O–H groups in total. The Hall–Kier alpha value is -2.46. The molecule has 0 aliphatic rings. The number of carbonyl (C=O) groups is 1. The fourth-order valence-electron chi connectivity index (χ4n) is 1.98. The smallest absolute Gasteiger partial charge is 0.303 e. The predicted octanol–water partition coefficient (Wildman–Crippen LogP) is 2.86. The highest BCUT2D eigenvalue weighted by molar-refractivity contribution is 5.83. The Bertz CT molecular complexity index is 613. The van der Waals surface area contributed by atoms with Crippen molar-refractivity contribution >= 4 is 16.9 Å². The summed E-state index contributed by atoms with van der Waals surface area (Å²) in [6.07, 6.45) is 2.08. The molecule has 6 heteroatoms. The number of aliphatic carboxylic acids is 1. The lowest BCUT2D eigenvalue weighted by atomic mass is 10.0. The Balaban J connectivity index is 2.25. The second-order valence-electron chi connectivity index (χ2n) is 4.02. The molecule has 2 aromatic rings. The lowest BCUT2D eigenvalue weighted by molar-refractivity contribution is -0.137. The van der Waals surface area contributed by atoms with Gasteiger partial charge in [0.25, 0.3) is 0 Å². The minimum atomic E-state index is -0.966. The van der Waals surface area contributed by atoms with Crippen LogP contribution >= 0.6 is 0 Å². The van der Waals surface area contributed by atoms with Crippen molar-refractivity contribution in [3.8, 4) is 0 Å². The van der Waals surface area contributed by atoms with Gasteiger partial charge in [0.05, 0.1) is 12.5 Å². The molecule has 1 atom stereocenters. The molecule has 0 saturated carbocycles. The van der Waals surface area contributed by atoms with Crippen LogP contribution in [0.4, 0.5) is 0 Å². The van der Waals surface area contributed by atoms with E-state index in [9.17, 15) is 4.79 Å². The van der Waals surface area contributed by atoms with Crippen LogP contribution in [-0.4, -0.2) is 22.1 Å². The van der Waals surface area contributed by atoms with Gasteiger partial charge in [-0.05, 0) is 23.6 Å². The number of fused-ring (bicyclic) bond motifs is 1. The van der Waals surface area contributed by atoms with Crippen molar-refractivity contribution in [3.63, 3.8) is 0 Å². The van der Waals surface area contributed by atoms with E-state index in [1.807, 2.05) is 30.5 Å². The molecule has 92 valence electrons. The number of carboxylic acids is 1. The molecule has 0 bridgehead atoms. The average molecular weight is 244 g/mol. The first-order valence-electron chi connectivity index (χ1n) is 5.51. The molecule has 0 amide bonds. The molecule has 18 heavy (non-hydrogen) atoms. The van der Waals surface area contributed by atoms with E-state index in [-0.39, 0.29) is 6.42 Å². The highest BCUT2D eigenvalue weighted by Crippen LogP contribution is 2.20. The van der Waals surface area contributed by atoms with Crippen molar-refractivity contribution in [2.75, 3.05) is 0 Å². The molecule has 1 aromatic heterocycles. The van der Waals surface area contributed by atoms with Gasteiger partial charge in [0.15, 0.2) is 0 Å². The number of hydrogen-bond acceptors (Lipinski definition) is 2. The molecule has 6 nitrogen and oxygen atoms in total. The summed E-state index contributed by atoms with van der Waals surface area (Å²) in [5.41, 5.74) is 10.4. The Labute approximate surface area is 103 Å². The Morgan fingerprint density at radius 1 is 1.50 bits per heavy atom. The lowest BCUT2D eigenvalue weighted by Gasteiger charge is -2.07. The lowest BCUT2D eigenvalue weighted by Crippen LogP contribution is -2.13. The highest BCUT2D eigenvalue weighted by atomic mass is 16.4. The first-order valence-corrected chi connectivity index (χ1v) is 5.51. The van der Waals surface area contributed by atoms with Crippen LogP contribution in [0.3, 0.4) is 0 Å². The summed E-state index contributed by atoms with van der Waals surface area (Å²) in [4.78, 5) is 16.5. The molecule has 1 heterocycles. The zero-order valence-electron chi connectivity index (χ0n) is 9.58. The first-order chi connectivity index (χ1) is 8.70. The normalized spacial score (nSPS) is 12.0. The molecule has 0 radical (unpaired) electrons. The summed E-state index contributed by atoms with van der Waals surface area (Å²) in [5, 5.41) is 13.3. The molecule has 0 aliphatic carbocycles. The van der Waals surface area contributed by atoms with E-state index in [1.165, 1.54) is 0 Å². The van der Waals surface area contributed by atoms with Gasteiger partial charge in [0, 0.05) is 22.0 Å². The van der Waals surface area contributed by atoms with Crippen molar-refractivity contribution in [1.82, 2.24) is 4.98 Å². The van der Waals surface area contributed by atoms with Crippen LogP contribution in [0.5, 0.6) is 0 Å². The molecule has 0 saturated heterocycles. The molecule has 0 spiro atoms. The fourth-order valence-corrected chi connectivity index (χ4v) is 1.98. The minimum Gasteiger partial charge on any atom is -0.481 e. The van der Waals surface area contributed by atoms with E-state index in [0.717, 1.165) is 16.5 Å². The Kier molecular flexibility index (Phi) is 3.50. The molecule has 1 aromatic carbocycles. The van der Waals surface area contributed by atoms with Crippen LogP contribution in [0, 0.1) is 0 Å². The standard InChI is InChI=1S/C12H12N4O2/c13-16-15-9(6-12(17)18)5-8-7-14-11-4-2-1-3-10(8)11/h1-4,7,9,14H,5-6H2,(H,17,18)/t9-/m1/s1. The third kappa shape index (κ3) is 2.61. The van der Waals surface area contributed by atoms with Gasteiger partial charge in [-0.15, -0.1) is 0 Å². The number of para-hydroxylation sites is 1. The van der Waals surface area contributed by atoms with E-state index < -0.39 is 12.0 Å². The monoisotopic (exact) mass is 244 g/mol.